The molecule has 116 valence electrons. The van der Waals surface area contributed by atoms with Crippen molar-refractivity contribution in [1.29, 1.82) is 0 Å². The molecule has 22 heavy (non-hydrogen) atoms. The number of hydrogen-bond acceptors (Lipinski definition) is 4. The lowest BCUT2D eigenvalue weighted by Gasteiger charge is -2.12. The van der Waals surface area contributed by atoms with Gasteiger partial charge < -0.3 is 14.2 Å². The number of ether oxygens (including phenoxy) is 3. The Labute approximate surface area is 134 Å². The zero-order valence-corrected chi connectivity index (χ0v) is 13.2. The molecule has 2 aromatic carbocycles. The molecular weight excluding hydrogens is 304 g/mol. The second-order valence-corrected chi connectivity index (χ2v) is 5.04. The molecule has 0 unspecified atom stereocenters. The van der Waals surface area contributed by atoms with E-state index >= 15 is 0 Å². The van der Waals surface area contributed by atoms with E-state index in [4.69, 9.17) is 25.8 Å². The van der Waals surface area contributed by atoms with E-state index in [1.807, 2.05) is 19.1 Å². The largest absolute Gasteiger partial charge is 0.493 e. The maximum Gasteiger partial charge on any atom is 0.162 e. The van der Waals surface area contributed by atoms with Crippen molar-refractivity contribution in [3.05, 3.63) is 52.5 Å². The molecule has 2 aromatic rings. The van der Waals surface area contributed by atoms with E-state index in [1.165, 1.54) is 0 Å². The van der Waals surface area contributed by atoms with Crippen molar-refractivity contribution in [1.82, 2.24) is 0 Å². The molecule has 0 spiro atoms. The zero-order chi connectivity index (χ0) is 15.9. The molecule has 0 saturated carbocycles. The van der Waals surface area contributed by atoms with Crippen LogP contribution in [0.3, 0.4) is 0 Å². The average Bonchev–Trinajstić information content (AvgIpc) is 2.54. The Hall–Kier alpha value is -2.20. The summed E-state index contributed by atoms with van der Waals surface area (Å²) < 4.78 is 16.4. The summed E-state index contributed by atoms with van der Waals surface area (Å²) in [6, 6.07) is 10.5. The van der Waals surface area contributed by atoms with Crippen LogP contribution in [0.25, 0.3) is 0 Å². The molecule has 0 aliphatic heterocycles. The Bertz CT molecular complexity index is 655. The number of methoxy groups -OCH3 is 1. The van der Waals surface area contributed by atoms with E-state index in [9.17, 15) is 4.79 Å². The summed E-state index contributed by atoms with van der Waals surface area (Å²) in [6.07, 6.45) is 0.763. The Morgan fingerprint density at radius 3 is 2.50 bits per heavy atom. The van der Waals surface area contributed by atoms with E-state index in [2.05, 4.69) is 0 Å². The second kappa shape index (κ2) is 7.71. The van der Waals surface area contributed by atoms with Gasteiger partial charge in [0.15, 0.2) is 11.5 Å². The molecule has 0 atom stereocenters. The van der Waals surface area contributed by atoms with Crippen molar-refractivity contribution < 1.29 is 19.0 Å². The van der Waals surface area contributed by atoms with Crippen molar-refractivity contribution in [2.75, 3.05) is 20.3 Å². The van der Waals surface area contributed by atoms with Crippen molar-refractivity contribution in [2.45, 2.75) is 6.92 Å². The van der Waals surface area contributed by atoms with E-state index in [1.54, 1.807) is 31.4 Å². The van der Waals surface area contributed by atoms with Gasteiger partial charge in [-0.3, -0.25) is 4.79 Å². The predicted octanol–water partition coefficient (Wildman–Crippen LogP) is 3.93. The molecule has 0 fully saturated rings. The number of halogens is 1. The predicted molar refractivity (Wildman–Crippen MR) is 85.6 cm³/mol. The molecule has 0 radical (unpaired) electrons. The van der Waals surface area contributed by atoms with E-state index < -0.39 is 0 Å². The Morgan fingerprint density at radius 2 is 1.82 bits per heavy atom. The van der Waals surface area contributed by atoms with E-state index in [0.29, 0.717) is 35.3 Å². The Kier molecular flexibility index (Phi) is 5.67. The van der Waals surface area contributed by atoms with Crippen LogP contribution >= 0.6 is 11.6 Å². The van der Waals surface area contributed by atoms with Gasteiger partial charge in [0.2, 0.25) is 0 Å². The topological polar surface area (TPSA) is 44.8 Å². The van der Waals surface area contributed by atoms with Crippen molar-refractivity contribution >= 4 is 17.9 Å². The molecule has 5 heteroatoms. The first-order chi connectivity index (χ1) is 10.6. The lowest BCUT2D eigenvalue weighted by molar-refractivity contribution is 0.112. The van der Waals surface area contributed by atoms with Gasteiger partial charge in [-0.05, 0) is 48.9 Å². The van der Waals surface area contributed by atoms with Gasteiger partial charge in [-0.1, -0.05) is 11.6 Å². The summed E-state index contributed by atoms with van der Waals surface area (Å²) >= 11 is 5.96. The minimum atomic E-state index is 0.334. The number of carbonyl (C=O) groups is 1. The van der Waals surface area contributed by atoms with Gasteiger partial charge in [-0.15, -0.1) is 0 Å². The fraction of sp³-hybridized carbons (Fsp3) is 0.235. The number of aldehydes is 1. The highest BCUT2D eigenvalue weighted by molar-refractivity contribution is 6.31. The lowest BCUT2D eigenvalue weighted by Crippen LogP contribution is -2.09. The van der Waals surface area contributed by atoms with Gasteiger partial charge in [-0.2, -0.15) is 0 Å². The standard InChI is InChI=1S/C17H17ClO4/c1-12-9-14(4-5-15(12)18)21-7-8-22-17-10-13(11-19)3-6-16(17)20-2/h3-6,9-11H,7-8H2,1-2H3. The van der Waals surface area contributed by atoms with Crippen molar-refractivity contribution in [3.8, 4) is 17.2 Å². The molecule has 0 aliphatic carbocycles. The van der Waals surface area contributed by atoms with Gasteiger partial charge in [0.1, 0.15) is 25.2 Å². The lowest BCUT2D eigenvalue weighted by atomic mass is 10.2. The number of hydrogen-bond donors (Lipinski definition) is 0. The third-order valence-corrected chi connectivity index (χ3v) is 3.49. The number of rotatable bonds is 7. The first-order valence-electron chi connectivity index (χ1n) is 6.79. The summed E-state index contributed by atoms with van der Waals surface area (Å²) in [5.41, 5.74) is 1.49. The maximum absolute atomic E-state index is 10.8. The molecule has 0 saturated heterocycles. The maximum atomic E-state index is 10.8. The van der Waals surface area contributed by atoms with Gasteiger partial charge in [0.05, 0.1) is 7.11 Å². The second-order valence-electron chi connectivity index (χ2n) is 4.64. The molecule has 0 bridgehead atoms. The highest BCUT2D eigenvalue weighted by Gasteiger charge is 2.06. The number of benzene rings is 2. The summed E-state index contributed by atoms with van der Waals surface area (Å²) in [5, 5.41) is 0.707. The van der Waals surface area contributed by atoms with Crippen LogP contribution in [0.15, 0.2) is 36.4 Å². The number of aryl methyl sites for hydroxylation is 1. The molecule has 2 rings (SSSR count). The van der Waals surface area contributed by atoms with Gasteiger partial charge in [0, 0.05) is 10.6 Å². The molecule has 4 nitrogen and oxygen atoms in total. The summed E-state index contributed by atoms with van der Waals surface area (Å²) in [5.74, 6) is 1.83. The van der Waals surface area contributed by atoms with Crippen LogP contribution in [0.2, 0.25) is 5.02 Å². The van der Waals surface area contributed by atoms with Crippen molar-refractivity contribution in [2.24, 2.45) is 0 Å². The highest BCUT2D eigenvalue weighted by Crippen LogP contribution is 2.27. The minimum Gasteiger partial charge on any atom is -0.493 e. The van der Waals surface area contributed by atoms with Crippen LogP contribution in [0.5, 0.6) is 17.2 Å². The van der Waals surface area contributed by atoms with Gasteiger partial charge in [-0.25, -0.2) is 0 Å². The molecule has 0 aromatic heterocycles. The Morgan fingerprint density at radius 1 is 1.05 bits per heavy atom. The van der Waals surface area contributed by atoms with Crippen LogP contribution in [-0.4, -0.2) is 26.6 Å². The van der Waals surface area contributed by atoms with E-state index in [-0.39, 0.29) is 0 Å². The molecule has 0 heterocycles. The average molecular weight is 321 g/mol. The first kappa shape index (κ1) is 16.2. The van der Waals surface area contributed by atoms with Crippen LogP contribution in [0.1, 0.15) is 15.9 Å². The van der Waals surface area contributed by atoms with E-state index in [0.717, 1.165) is 17.6 Å². The normalized spacial score (nSPS) is 10.1. The van der Waals surface area contributed by atoms with Gasteiger partial charge in [0.25, 0.3) is 0 Å². The zero-order valence-electron chi connectivity index (χ0n) is 12.5. The van der Waals surface area contributed by atoms with Crippen LogP contribution in [0.4, 0.5) is 0 Å². The van der Waals surface area contributed by atoms with Crippen molar-refractivity contribution in [3.63, 3.8) is 0 Å². The highest BCUT2D eigenvalue weighted by atomic mass is 35.5. The fourth-order valence-corrected chi connectivity index (χ4v) is 2.02. The molecular formula is C17H17ClO4. The summed E-state index contributed by atoms with van der Waals surface area (Å²) in [7, 11) is 1.55. The van der Waals surface area contributed by atoms with Gasteiger partial charge >= 0.3 is 0 Å². The minimum absolute atomic E-state index is 0.334. The SMILES string of the molecule is COc1ccc(C=O)cc1OCCOc1ccc(Cl)c(C)c1. The first-order valence-corrected chi connectivity index (χ1v) is 7.17. The fourth-order valence-electron chi connectivity index (χ4n) is 1.90. The summed E-state index contributed by atoms with van der Waals surface area (Å²) in [6.45, 7) is 2.62. The summed E-state index contributed by atoms with van der Waals surface area (Å²) in [4.78, 5) is 10.8. The number of carbonyl (C=O) groups excluding carboxylic acids is 1. The van der Waals surface area contributed by atoms with Crippen LogP contribution in [-0.2, 0) is 0 Å². The van der Waals surface area contributed by atoms with Crippen LogP contribution in [0, 0.1) is 6.92 Å². The third-order valence-electron chi connectivity index (χ3n) is 3.06. The smallest absolute Gasteiger partial charge is 0.162 e. The Balaban J connectivity index is 1.90. The quantitative estimate of drug-likeness (QED) is 0.573. The third kappa shape index (κ3) is 4.15. The monoisotopic (exact) mass is 320 g/mol. The molecule has 0 N–H and O–H groups in total. The molecule has 0 amide bonds. The van der Waals surface area contributed by atoms with Crippen LogP contribution < -0.4 is 14.2 Å². The molecule has 0 aliphatic rings.